The number of carbonyl (C=O) groups excluding carboxylic acids is 2. The quantitative estimate of drug-likeness (QED) is 0.674. The number of nitrogens with one attached hydrogen (secondary N) is 1. The number of amides is 2. The summed E-state index contributed by atoms with van der Waals surface area (Å²) in [6, 6.07) is 12.7. The topological polar surface area (TPSA) is 62.6 Å². The van der Waals surface area contributed by atoms with Gasteiger partial charge in [-0.1, -0.05) is 23.7 Å². The van der Waals surface area contributed by atoms with E-state index in [1.807, 2.05) is 23.1 Å². The highest BCUT2D eigenvalue weighted by atomic mass is 35.5. The van der Waals surface area contributed by atoms with Crippen LogP contribution in [-0.4, -0.2) is 29.8 Å². The monoisotopic (exact) mass is 414 g/mol. The molecule has 1 aliphatic rings. The van der Waals surface area contributed by atoms with Crippen molar-refractivity contribution >= 4 is 34.8 Å². The van der Waals surface area contributed by atoms with Gasteiger partial charge in [-0.15, -0.1) is 11.3 Å². The van der Waals surface area contributed by atoms with Crippen molar-refractivity contribution in [1.82, 2.24) is 10.2 Å². The van der Waals surface area contributed by atoms with E-state index in [-0.39, 0.29) is 30.5 Å². The van der Waals surface area contributed by atoms with Crippen molar-refractivity contribution in [3.05, 3.63) is 69.1 Å². The van der Waals surface area contributed by atoms with Crippen LogP contribution in [0.4, 0.5) is 0 Å². The molecule has 144 valence electrons. The molecular weight excluding hydrogens is 396 g/mol. The Morgan fingerprint density at radius 1 is 1.18 bits per heavy atom. The number of carbonyl (C=O) groups is 2. The fourth-order valence-electron chi connectivity index (χ4n) is 3.26. The first-order valence-electron chi connectivity index (χ1n) is 9.08. The Kier molecular flexibility index (Phi) is 5.50. The molecule has 1 N–H and O–H groups in total. The highest BCUT2D eigenvalue weighted by Gasteiger charge is 2.21. The van der Waals surface area contributed by atoms with Crippen LogP contribution in [0.1, 0.15) is 27.4 Å². The molecule has 4 rings (SSSR count). The Labute approximate surface area is 171 Å². The van der Waals surface area contributed by atoms with Crippen LogP contribution in [0.3, 0.4) is 0 Å². The van der Waals surface area contributed by atoms with Gasteiger partial charge in [-0.2, -0.15) is 0 Å². The summed E-state index contributed by atoms with van der Waals surface area (Å²) in [5, 5.41) is 5.38. The molecule has 0 saturated heterocycles. The lowest BCUT2D eigenvalue weighted by atomic mass is 10.1. The van der Waals surface area contributed by atoms with Gasteiger partial charge < -0.3 is 14.6 Å². The number of thiophene rings is 1. The van der Waals surface area contributed by atoms with E-state index in [1.54, 1.807) is 29.5 Å². The van der Waals surface area contributed by atoms with Gasteiger partial charge in [-0.25, -0.2) is 0 Å². The zero-order valence-electron chi connectivity index (χ0n) is 15.1. The average molecular weight is 415 g/mol. The Hall–Kier alpha value is -2.57. The molecule has 5 nitrogen and oxygen atoms in total. The number of rotatable bonds is 5. The van der Waals surface area contributed by atoms with Crippen molar-refractivity contribution in [2.24, 2.45) is 0 Å². The van der Waals surface area contributed by atoms with E-state index in [0.717, 1.165) is 18.5 Å². The third-order valence-corrected chi connectivity index (χ3v) is 6.11. The van der Waals surface area contributed by atoms with Gasteiger partial charge in [0.15, 0.2) is 5.76 Å². The van der Waals surface area contributed by atoms with Crippen molar-refractivity contribution in [2.45, 2.75) is 19.4 Å². The van der Waals surface area contributed by atoms with Crippen molar-refractivity contribution in [2.75, 3.05) is 13.1 Å². The highest BCUT2D eigenvalue weighted by molar-refractivity contribution is 7.10. The molecule has 2 aromatic heterocycles. The Bertz CT molecular complexity index is 1010. The molecule has 0 atom stereocenters. The van der Waals surface area contributed by atoms with E-state index in [4.69, 9.17) is 16.0 Å². The van der Waals surface area contributed by atoms with Crippen LogP contribution in [0.2, 0.25) is 5.02 Å². The van der Waals surface area contributed by atoms with Crippen molar-refractivity contribution in [3.63, 3.8) is 0 Å². The smallest absolute Gasteiger partial charge is 0.287 e. The van der Waals surface area contributed by atoms with Crippen LogP contribution in [0.25, 0.3) is 11.3 Å². The van der Waals surface area contributed by atoms with Crippen LogP contribution < -0.4 is 5.32 Å². The normalized spacial score (nSPS) is 13.2. The Balaban J connectivity index is 1.29. The zero-order valence-corrected chi connectivity index (χ0v) is 16.7. The summed E-state index contributed by atoms with van der Waals surface area (Å²) in [4.78, 5) is 27.9. The summed E-state index contributed by atoms with van der Waals surface area (Å²) in [6.45, 7) is 1.66. The van der Waals surface area contributed by atoms with E-state index in [0.29, 0.717) is 17.3 Å². The average Bonchev–Trinajstić information content (AvgIpc) is 3.37. The lowest BCUT2D eigenvalue weighted by Gasteiger charge is -2.27. The number of nitrogens with zero attached hydrogens (tertiary/aromatic N) is 1. The molecule has 0 radical (unpaired) electrons. The highest BCUT2D eigenvalue weighted by Crippen LogP contribution is 2.29. The maximum atomic E-state index is 12.4. The number of fused-ring (bicyclic) bond motifs is 1. The predicted molar refractivity (Wildman–Crippen MR) is 110 cm³/mol. The minimum Gasteiger partial charge on any atom is -0.451 e. The molecule has 2 amide bonds. The molecule has 3 aromatic rings. The molecular formula is C21H19ClN2O3S. The molecule has 0 fully saturated rings. The van der Waals surface area contributed by atoms with Crippen LogP contribution in [0.15, 0.2) is 52.3 Å². The van der Waals surface area contributed by atoms with Gasteiger partial charge in [0.05, 0.1) is 5.02 Å². The van der Waals surface area contributed by atoms with Crippen LogP contribution >= 0.6 is 22.9 Å². The molecule has 0 bridgehead atoms. The van der Waals surface area contributed by atoms with Gasteiger partial charge in [-0.05, 0) is 47.7 Å². The van der Waals surface area contributed by atoms with Gasteiger partial charge in [0.25, 0.3) is 5.91 Å². The first-order chi connectivity index (χ1) is 13.6. The van der Waals surface area contributed by atoms with Crippen molar-refractivity contribution in [3.8, 4) is 11.3 Å². The minimum absolute atomic E-state index is 0.0494. The number of benzene rings is 1. The largest absolute Gasteiger partial charge is 0.451 e. The Morgan fingerprint density at radius 3 is 2.89 bits per heavy atom. The maximum Gasteiger partial charge on any atom is 0.287 e. The molecule has 0 spiro atoms. The van der Waals surface area contributed by atoms with Crippen molar-refractivity contribution < 1.29 is 14.0 Å². The van der Waals surface area contributed by atoms with Gasteiger partial charge in [-0.3, -0.25) is 9.59 Å². The summed E-state index contributed by atoms with van der Waals surface area (Å²) < 4.78 is 5.63. The number of halogens is 1. The number of hydrogen-bond acceptors (Lipinski definition) is 4. The van der Waals surface area contributed by atoms with Crippen LogP contribution in [0, 0.1) is 0 Å². The SMILES string of the molecule is O=C(NCCC(=O)N1CCc2sccc2C1)c1ccc(-c2ccccc2Cl)o1. The minimum atomic E-state index is -0.343. The van der Waals surface area contributed by atoms with E-state index < -0.39 is 0 Å². The van der Waals surface area contributed by atoms with E-state index in [9.17, 15) is 9.59 Å². The first-order valence-corrected chi connectivity index (χ1v) is 10.3. The third kappa shape index (κ3) is 3.98. The Morgan fingerprint density at radius 2 is 2.04 bits per heavy atom. The first kappa shape index (κ1) is 18.8. The molecule has 28 heavy (non-hydrogen) atoms. The second-order valence-corrected chi connectivity index (χ2v) is 7.99. The molecule has 1 aliphatic heterocycles. The van der Waals surface area contributed by atoms with Gasteiger partial charge in [0, 0.05) is 36.5 Å². The van der Waals surface area contributed by atoms with E-state index in [2.05, 4.69) is 16.8 Å². The van der Waals surface area contributed by atoms with Crippen molar-refractivity contribution in [1.29, 1.82) is 0 Å². The molecule has 0 saturated carbocycles. The second kappa shape index (κ2) is 8.20. The van der Waals surface area contributed by atoms with E-state index >= 15 is 0 Å². The molecule has 0 aliphatic carbocycles. The fourth-order valence-corrected chi connectivity index (χ4v) is 4.37. The summed E-state index contributed by atoms with van der Waals surface area (Å²) in [7, 11) is 0. The summed E-state index contributed by atoms with van der Waals surface area (Å²) in [6.07, 6.45) is 1.17. The van der Waals surface area contributed by atoms with Crippen LogP contribution in [0.5, 0.6) is 0 Å². The molecule has 3 heterocycles. The summed E-state index contributed by atoms with van der Waals surface area (Å²) >= 11 is 7.91. The lowest BCUT2D eigenvalue weighted by molar-refractivity contribution is -0.131. The van der Waals surface area contributed by atoms with E-state index in [1.165, 1.54) is 10.4 Å². The van der Waals surface area contributed by atoms with Gasteiger partial charge >= 0.3 is 0 Å². The summed E-state index contributed by atoms with van der Waals surface area (Å²) in [5.41, 5.74) is 1.97. The van der Waals surface area contributed by atoms with Crippen LogP contribution in [-0.2, 0) is 17.8 Å². The summed E-state index contributed by atoms with van der Waals surface area (Å²) in [5.74, 6) is 0.438. The lowest BCUT2D eigenvalue weighted by Crippen LogP contribution is -2.37. The zero-order chi connectivity index (χ0) is 19.5. The number of hydrogen-bond donors (Lipinski definition) is 1. The molecule has 1 aromatic carbocycles. The van der Waals surface area contributed by atoms with Gasteiger partial charge in [0.2, 0.25) is 5.91 Å². The fraction of sp³-hybridized carbons (Fsp3) is 0.238. The molecule has 0 unspecified atom stereocenters. The number of furan rings is 1. The third-order valence-electron chi connectivity index (χ3n) is 4.75. The molecule has 7 heteroatoms. The second-order valence-electron chi connectivity index (χ2n) is 6.58. The standard InChI is InChI=1S/C21H19ClN2O3S/c22-16-4-2-1-3-15(16)17-5-6-18(27-17)21(26)23-10-7-20(25)24-11-8-19-14(13-24)9-12-28-19/h1-6,9,12H,7-8,10-11,13H2,(H,23,26). The van der Waals surface area contributed by atoms with Gasteiger partial charge in [0.1, 0.15) is 5.76 Å². The maximum absolute atomic E-state index is 12.4. The predicted octanol–water partition coefficient (Wildman–Crippen LogP) is 4.37.